The van der Waals surface area contributed by atoms with Crippen molar-refractivity contribution in [1.29, 1.82) is 0 Å². The van der Waals surface area contributed by atoms with Gasteiger partial charge in [0.25, 0.3) is 11.4 Å². The molecule has 2 unspecified atom stereocenters. The number of imide groups is 2. The van der Waals surface area contributed by atoms with Crippen LogP contribution < -0.4 is 9.80 Å². The molecule has 45 heavy (non-hydrogen) atoms. The van der Waals surface area contributed by atoms with Gasteiger partial charge >= 0.3 is 5.97 Å². The van der Waals surface area contributed by atoms with E-state index in [1.54, 1.807) is 13.8 Å². The summed E-state index contributed by atoms with van der Waals surface area (Å²) in [6.45, 7) is 7.69. The predicted molar refractivity (Wildman–Crippen MR) is 156 cm³/mol. The van der Waals surface area contributed by atoms with Gasteiger partial charge in [-0.2, -0.15) is 0 Å². The molecule has 2 heterocycles. The molecule has 2 saturated heterocycles. The lowest BCUT2D eigenvalue weighted by Gasteiger charge is -2.55. The first kappa shape index (κ1) is 29.8. The molecule has 2 aromatic rings. The van der Waals surface area contributed by atoms with Crippen molar-refractivity contribution in [3.8, 4) is 0 Å². The van der Waals surface area contributed by atoms with Crippen molar-refractivity contribution in [2.75, 3.05) is 16.4 Å². The van der Waals surface area contributed by atoms with Gasteiger partial charge in [0, 0.05) is 40.2 Å². The zero-order valence-electron chi connectivity index (χ0n) is 24.9. The number of carbonyl (C=O) groups is 5. The second kappa shape index (κ2) is 9.87. The van der Waals surface area contributed by atoms with E-state index in [2.05, 4.69) is 0 Å². The van der Waals surface area contributed by atoms with E-state index >= 15 is 0 Å². The summed E-state index contributed by atoms with van der Waals surface area (Å²) in [4.78, 5) is 94.3. The zero-order valence-corrected chi connectivity index (χ0v) is 24.9. The number of ether oxygens (including phenoxy) is 1. The van der Waals surface area contributed by atoms with Gasteiger partial charge in [0.2, 0.25) is 23.6 Å². The Morgan fingerprint density at radius 1 is 0.778 bits per heavy atom. The quantitative estimate of drug-likeness (QED) is 0.201. The zero-order chi connectivity index (χ0) is 32.9. The molecule has 3 aliphatic carbocycles. The summed E-state index contributed by atoms with van der Waals surface area (Å²) >= 11 is 0. The number of nitrogens with zero attached hydrogens (tertiary/aromatic N) is 4. The highest BCUT2D eigenvalue weighted by molar-refractivity contribution is 6.27. The highest BCUT2D eigenvalue weighted by atomic mass is 16.6. The topological polar surface area (TPSA) is 187 Å². The molecule has 14 heteroatoms. The van der Waals surface area contributed by atoms with E-state index in [4.69, 9.17) is 4.74 Å². The summed E-state index contributed by atoms with van der Waals surface area (Å²) in [5.74, 6) is -9.64. The number of anilines is 2. The number of hydrogen-bond donors (Lipinski definition) is 0. The largest absolute Gasteiger partial charge is 0.463 e. The van der Waals surface area contributed by atoms with E-state index < -0.39 is 74.4 Å². The molecule has 0 radical (unpaired) electrons. The summed E-state index contributed by atoms with van der Waals surface area (Å²) in [5, 5.41) is 23.3. The number of benzene rings is 2. The monoisotopic (exact) mass is 616 g/mol. The predicted octanol–water partition coefficient (Wildman–Crippen LogP) is 3.56. The fourth-order valence-electron chi connectivity index (χ4n) is 8.19. The molecule has 3 fully saturated rings. The molecule has 14 nitrogen and oxygen atoms in total. The van der Waals surface area contributed by atoms with Gasteiger partial charge in [0.1, 0.15) is 0 Å². The van der Waals surface area contributed by atoms with Crippen LogP contribution in [0.1, 0.15) is 31.9 Å². The normalized spacial score (nSPS) is 28.5. The first-order chi connectivity index (χ1) is 21.2. The van der Waals surface area contributed by atoms with Crippen LogP contribution in [0.25, 0.3) is 0 Å². The number of allylic oxidation sites excluding steroid dienone is 1. The fraction of sp³-hybridized carbons (Fsp3) is 0.387. The van der Waals surface area contributed by atoms with Gasteiger partial charge in [-0.1, -0.05) is 24.6 Å². The minimum atomic E-state index is -1.70. The van der Waals surface area contributed by atoms with Crippen molar-refractivity contribution in [1.82, 2.24) is 0 Å². The molecule has 2 bridgehead atoms. The van der Waals surface area contributed by atoms with E-state index in [0.717, 1.165) is 21.9 Å². The van der Waals surface area contributed by atoms with Crippen LogP contribution in [0.3, 0.4) is 0 Å². The number of aryl methyl sites for hydroxylation is 2. The van der Waals surface area contributed by atoms with E-state index in [1.165, 1.54) is 45.0 Å². The Morgan fingerprint density at radius 2 is 1.20 bits per heavy atom. The highest BCUT2D eigenvalue weighted by Crippen LogP contribution is 2.69. The van der Waals surface area contributed by atoms with Crippen LogP contribution >= 0.6 is 0 Å². The lowest BCUT2D eigenvalue weighted by Crippen LogP contribution is -2.61. The third-order valence-electron chi connectivity index (χ3n) is 9.98. The number of nitro groups is 2. The Morgan fingerprint density at radius 3 is 1.58 bits per heavy atom. The van der Waals surface area contributed by atoms with Crippen LogP contribution in [0.2, 0.25) is 0 Å². The van der Waals surface area contributed by atoms with Gasteiger partial charge < -0.3 is 4.74 Å². The van der Waals surface area contributed by atoms with Crippen LogP contribution in [0.5, 0.6) is 0 Å². The van der Waals surface area contributed by atoms with Crippen molar-refractivity contribution in [2.45, 2.75) is 34.6 Å². The van der Waals surface area contributed by atoms with Gasteiger partial charge in [-0.25, -0.2) is 14.6 Å². The van der Waals surface area contributed by atoms with E-state index in [0.29, 0.717) is 16.7 Å². The summed E-state index contributed by atoms with van der Waals surface area (Å²) < 4.78 is 5.36. The maximum Gasteiger partial charge on any atom is 0.334 e. The Labute approximate surface area is 255 Å². The Bertz CT molecular complexity index is 1720. The minimum absolute atomic E-state index is 0.0172. The number of carbonyl (C=O) groups excluding carboxylic acids is 5. The molecule has 4 amide bonds. The van der Waals surface area contributed by atoms with Crippen molar-refractivity contribution in [3.05, 3.63) is 78.9 Å². The maximum atomic E-state index is 14.3. The Kier molecular flexibility index (Phi) is 6.53. The van der Waals surface area contributed by atoms with E-state index in [-0.39, 0.29) is 34.9 Å². The van der Waals surface area contributed by atoms with Crippen molar-refractivity contribution in [2.24, 2.45) is 35.0 Å². The van der Waals surface area contributed by atoms with Crippen LogP contribution in [0.4, 0.5) is 22.7 Å². The van der Waals surface area contributed by atoms with Crippen LogP contribution in [0.15, 0.2) is 47.5 Å². The standard InChI is InChI=1S/C31H28N4O10/c1-6-45-30(40)23-15(4)20-21-24(28(38)32(26(21)36)16-9-7-13(2)18(11-16)34(41)42)31(23,5)25-22(20)27(37)33(29(25)39)17-10-8-14(3)19(12-17)35(43)44/h7-12,20-22,24-25H,6H2,1-5H3/t20?,21-,22+,24+,25-,31?. The average molecular weight is 617 g/mol. The van der Waals surface area contributed by atoms with Crippen molar-refractivity contribution >= 4 is 52.3 Å². The van der Waals surface area contributed by atoms with Crippen LogP contribution in [0, 0.1) is 69.1 Å². The summed E-state index contributed by atoms with van der Waals surface area (Å²) in [6.07, 6.45) is 0. The Hall–Kier alpha value is -5.27. The molecular formula is C31H28N4O10. The Balaban J connectivity index is 1.53. The molecule has 6 atom stereocenters. The lowest BCUT2D eigenvalue weighted by molar-refractivity contribution is -0.385. The molecule has 5 aliphatic rings. The molecule has 0 spiro atoms. The number of hydrogen-bond acceptors (Lipinski definition) is 10. The third-order valence-corrected chi connectivity index (χ3v) is 9.98. The van der Waals surface area contributed by atoms with Crippen molar-refractivity contribution < 1.29 is 38.6 Å². The van der Waals surface area contributed by atoms with Gasteiger partial charge in [-0.05, 0) is 39.8 Å². The van der Waals surface area contributed by atoms with E-state index in [9.17, 15) is 44.2 Å². The molecular weight excluding hydrogens is 588 g/mol. The summed E-state index contributed by atoms with van der Waals surface area (Å²) in [5.41, 5.74) is -1.36. The molecule has 0 N–H and O–H groups in total. The molecule has 7 rings (SSSR count). The molecule has 2 aliphatic heterocycles. The lowest BCUT2D eigenvalue weighted by atomic mass is 9.43. The molecule has 1 saturated carbocycles. The fourth-order valence-corrected chi connectivity index (χ4v) is 8.19. The summed E-state index contributed by atoms with van der Waals surface area (Å²) in [6, 6.07) is 7.91. The maximum absolute atomic E-state index is 14.3. The average Bonchev–Trinajstić information content (AvgIpc) is 3.39. The van der Waals surface area contributed by atoms with E-state index in [1.807, 2.05) is 0 Å². The van der Waals surface area contributed by atoms with Gasteiger partial charge in [-0.15, -0.1) is 0 Å². The first-order valence-electron chi connectivity index (χ1n) is 14.3. The van der Waals surface area contributed by atoms with Gasteiger partial charge in [-0.3, -0.25) is 39.4 Å². The van der Waals surface area contributed by atoms with Crippen molar-refractivity contribution in [3.63, 3.8) is 0 Å². The number of rotatable bonds is 6. The third kappa shape index (κ3) is 3.77. The summed E-state index contributed by atoms with van der Waals surface area (Å²) in [7, 11) is 0. The van der Waals surface area contributed by atoms with Crippen LogP contribution in [-0.2, 0) is 28.7 Å². The first-order valence-corrected chi connectivity index (χ1v) is 14.3. The smallest absolute Gasteiger partial charge is 0.334 e. The number of nitro benzene ring substituents is 2. The van der Waals surface area contributed by atoms with Gasteiger partial charge in [0.15, 0.2) is 0 Å². The highest BCUT2D eigenvalue weighted by Gasteiger charge is 2.77. The number of amides is 4. The SMILES string of the molecule is CCOC(=O)C1=C(C)C2[C@H]3C(=O)N(c4ccc(C)c([N+](=O)[O-])c4)C(=O)[C@H]3C1(C)[C@H]1C(=O)N(c3ccc(C)c([N+](=O)[O-])c3)C(=O)[C@@H]21. The number of esters is 1. The minimum Gasteiger partial charge on any atom is -0.463 e. The second-order valence-electron chi connectivity index (χ2n) is 12.1. The molecule has 2 aromatic carbocycles. The molecule has 0 aromatic heterocycles. The molecule has 232 valence electrons. The second-order valence-corrected chi connectivity index (χ2v) is 12.1. The van der Waals surface area contributed by atoms with Gasteiger partial charge in [0.05, 0.1) is 51.5 Å². The van der Waals surface area contributed by atoms with Crippen LogP contribution in [-0.4, -0.2) is 46.1 Å².